The number of aromatic nitrogens is 2. The van der Waals surface area contributed by atoms with Crippen molar-refractivity contribution < 1.29 is 0 Å². The third kappa shape index (κ3) is 4.98. The zero-order chi connectivity index (χ0) is 11.3. The highest BCUT2D eigenvalue weighted by Gasteiger charge is 2.03. The van der Waals surface area contributed by atoms with E-state index >= 15 is 0 Å². The molecule has 15 heavy (non-hydrogen) atoms. The zero-order valence-electron chi connectivity index (χ0n) is 10.3. The lowest BCUT2D eigenvalue weighted by molar-refractivity contribution is 0.429. The first-order chi connectivity index (χ1) is 7.08. The maximum atomic E-state index is 4.28. The molecule has 0 aliphatic rings. The topological polar surface area (TPSA) is 29.9 Å². The highest BCUT2D eigenvalue weighted by molar-refractivity contribution is 4.99. The summed E-state index contributed by atoms with van der Waals surface area (Å²) in [6.07, 6.45) is 5.23. The molecular weight excluding hydrogens is 186 g/mol. The summed E-state index contributed by atoms with van der Waals surface area (Å²) in [5.41, 5.74) is 1.23. The smallest absolute Gasteiger partial charge is 0.0560 e. The number of hydrogen-bond donors (Lipinski definition) is 1. The van der Waals surface area contributed by atoms with Crippen LogP contribution in [0.15, 0.2) is 12.4 Å². The minimum Gasteiger partial charge on any atom is -0.312 e. The van der Waals surface area contributed by atoms with E-state index in [1.165, 1.54) is 12.0 Å². The van der Waals surface area contributed by atoms with E-state index in [2.05, 4.69) is 44.3 Å². The Kier molecular flexibility index (Phi) is 4.82. The van der Waals surface area contributed by atoms with E-state index in [1.54, 1.807) is 0 Å². The Morgan fingerprint density at radius 2 is 2.13 bits per heavy atom. The summed E-state index contributed by atoms with van der Waals surface area (Å²) in [5.74, 6) is 0.775. The fourth-order valence-electron chi connectivity index (χ4n) is 1.53. The summed E-state index contributed by atoms with van der Waals surface area (Å²) < 4.78 is 2.00. The average Bonchev–Trinajstić information content (AvgIpc) is 2.50. The Hall–Kier alpha value is -0.830. The molecule has 0 saturated heterocycles. The van der Waals surface area contributed by atoms with Crippen LogP contribution in [-0.2, 0) is 6.54 Å². The van der Waals surface area contributed by atoms with Crippen molar-refractivity contribution in [3.63, 3.8) is 0 Å². The Labute approximate surface area is 92.9 Å². The highest BCUT2D eigenvalue weighted by atomic mass is 15.3. The molecule has 3 nitrogen and oxygen atoms in total. The van der Waals surface area contributed by atoms with Crippen molar-refractivity contribution in [2.24, 2.45) is 5.92 Å². The van der Waals surface area contributed by atoms with Crippen LogP contribution in [0.2, 0.25) is 0 Å². The van der Waals surface area contributed by atoms with Crippen LogP contribution in [0.4, 0.5) is 0 Å². The predicted molar refractivity (Wildman–Crippen MR) is 63.9 cm³/mol. The molecule has 1 heterocycles. The molecule has 0 bridgehead atoms. The first-order valence-corrected chi connectivity index (χ1v) is 5.80. The molecule has 0 amide bonds. The van der Waals surface area contributed by atoms with Gasteiger partial charge in [0.15, 0.2) is 0 Å². The maximum Gasteiger partial charge on any atom is 0.0560 e. The third-order valence-electron chi connectivity index (χ3n) is 2.44. The van der Waals surface area contributed by atoms with Crippen LogP contribution in [0.3, 0.4) is 0 Å². The van der Waals surface area contributed by atoms with E-state index in [9.17, 15) is 0 Å². The van der Waals surface area contributed by atoms with Gasteiger partial charge in [0.1, 0.15) is 0 Å². The van der Waals surface area contributed by atoms with Crippen LogP contribution in [-0.4, -0.2) is 22.4 Å². The van der Waals surface area contributed by atoms with E-state index in [-0.39, 0.29) is 0 Å². The molecule has 1 atom stereocenters. The van der Waals surface area contributed by atoms with E-state index < -0.39 is 0 Å². The number of aryl methyl sites for hydroxylation is 1. The number of rotatable bonds is 6. The van der Waals surface area contributed by atoms with Gasteiger partial charge in [0.25, 0.3) is 0 Å². The van der Waals surface area contributed by atoms with Gasteiger partial charge in [-0.2, -0.15) is 5.10 Å². The highest BCUT2D eigenvalue weighted by Crippen LogP contribution is 1.99. The maximum absolute atomic E-state index is 4.28. The number of nitrogens with one attached hydrogen (secondary N) is 1. The molecule has 0 unspecified atom stereocenters. The minimum atomic E-state index is 0.489. The quantitative estimate of drug-likeness (QED) is 0.778. The van der Waals surface area contributed by atoms with Crippen LogP contribution in [0, 0.1) is 12.8 Å². The summed E-state index contributed by atoms with van der Waals surface area (Å²) >= 11 is 0. The molecule has 86 valence electrons. The summed E-state index contributed by atoms with van der Waals surface area (Å²) in [7, 11) is 0. The number of nitrogens with zero attached hydrogens (tertiary/aromatic N) is 2. The second-order valence-electron chi connectivity index (χ2n) is 4.78. The van der Waals surface area contributed by atoms with Gasteiger partial charge < -0.3 is 5.32 Å². The normalized spacial score (nSPS) is 13.4. The molecule has 0 saturated carbocycles. The average molecular weight is 209 g/mol. The van der Waals surface area contributed by atoms with Gasteiger partial charge in [-0.05, 0) is 38.3 Å². The zero-order valence-corrected chi connectivity index (χ0v) is 10.3. The van der Waals surface area contributed by atoms with Crippen LogP contribution in [0.1, 0.15) is 32.8 Å². The molecule has 0 aromatic carbocycles. The largest absolute Gasteiger partial charge is 0.312 e. The summed E-state index contributed by atoms with van der Waals surface area (Å²) in [5, 5.41) is 7.79. The van der Waals surface area contributed by atoms with Crippen LogP contribution in [0.5, 0.6) is 0 Å². The molecule has 0 aliphatic heterocycles. The first kappa shape index (κ1) is 12.2. The fraction of sp³-hybridized carbons (Fsp3) is 0.750. The molecule has 1 aromatic heterocycles. The third-order valence-corrected chi connectivity index (χ3v) is 2.44. The van der Waals surface area contributed by atoms with Gasteiger partial charge in [-0.25, -0.2) is 0 Å². The van der Waals surface area contributed by atoms with E-state index in [4.69, 9.17) is 0 Å². The summed E-state index contributed by atoms with van der Waals surface area (Å²) in [4.78, 5) is 0. The monoisotopic (exact) mass is 209 g/mol. The van der Waals surface area contributed by atoms with E-state index in [0.29, 0.717) is 6.04 Å². The van der Waals surface area contributed by atoms with Gasteiger partial charge in [0.05, 0.1) is 12.7 Å². The summed E-state index contributed by atoms with van der Waals surface area (Å²) in [6.45, 7) is 10.8. The molecule has 0 fully saturated rings. The second-order valence-corrected chi connectivity index (χ2v) is 4.78. The predicted octanol–water partition coefficient (Wildman–Crippen LogP) is 2.22. The molecule has 0 radical (unpaired) electrons. The SMILES string of the molecule is Cc1cnn(C[C@@H](C)NCCC(C)C)c1. The van der Waals surface area contributed by atoms with Crippen LogP contribution in [0.25, 0.3) is 0 Å². The standard InChI is InChI=1S/C12H23N3/c1-10(2)5-6-13-12(4)9-15-8-11(3)7-14-15/h7-8,10,12-13H,5-6,9H2,1-4H3/t12-/m1/s1. The van der Waals surface area contributed by atoms with Gasteiger partial charge >= 0.3 is 0 Å². The Morgan fingerprint density at radius 1 is 1.40 bits per heavy atom. The molecular formula is C12H23N3. The van der Waals surface area contributed by atoms with Gasteiger partial charge in [-0.1, -0.05) is 13.8 Å². The first-order valence-electron chi connectivity index (χ1n) is 5.80. The lowest BCUT2D eigenvalue weighted by Crippen LogP contribution is -2.31. The minimum absolute atomic E-state index is 0.489. The van der Waals surface area contributed by atoms with E-state index in [0.717, 1.165) is 19.0 Å². The van der Waals surface area contributed by atoms with Crippen molar-refractivity contribution >= 4 is 0 Å². The van der Waals surface area contributed by atoms with Gasteiger partial charge in [0.2, 0.25) is 0 Å². The molecule has 0 spiro atoms. The molecule has 1 N–H and O–H groups in total. The van der Waals surface area contributed by atoms with Gasteiger partial charge in [-0.15, -0.1) is 0 Å². The summed E-state index contributed by atoms with van der Waals surface area (Å²) in [6, 6.07) is 0.489. The van der Waals surface area contributed by atoms with Crippen LogP contribution >= 0.6 is 0 Å². The van der Waals surface area contributed by atoms with Gasteiger partial charge in [0, 0.05) is 12.2 Å². The van der Waals surface area contributed by atoms with Gasteiger partial charge in [-0.3, -0.25) is 4.68 Å². The molecule has 1 rings (SSSR count). The second kappa shape index (κ2) is 5.91. The molecule has 0 aliphatic carbocycles. The Balaban J connectivity index is 2.21. The lowest BCUT2D eigenvalue weighted by atomic mass is 10.1. The molecule has 3 heteroatoms. The Bertz CT molecular complexity index is 278. The van der Waals surface area contributed by atoms with Crippen molar-refractivity contribution in [3.05, 3.63) is 18.0 Å². The van der Waals surface area contributed by atoms with Crippen LogP contribution < -0.4 is 5.32 Å². The van der Waals surface area contributed by atoms with Crippen molar-refractivity contribution in [2.45, 2.75) is 46.7 Å². The van der Waals surface area contributed by atoms with Crippen molar-refractivity contribution in [3.8, 4) is 0 Å². The number of hydrogen-bond acceptors (Lipinski definition) is 2. The lowest BCUT2D eigenvalue weighted by Gasteiger charge is -2.14. The van der Waals surface area contributed by atoms with Crippen molar-refractivity contribution in [2.75, 3.05) is 6.54 Å². The van der Waals surface area contributed by atoms with Crippen molar-refractivity contribution in [1.82, 2.24) is 15.1 Å². The molecule has 1 aromatic rings. The fourth-order valence-corrected chi connectivity index (χ4v) is 1.53. The Morgan fingerprint density at radius 3 is 2.67 bits per heavy atom. The van der Waals surface area contributed by atoms with E-state index in [1.807, 2.05) is 10.9 Å². The van der Waals surface area contributed by atoms with Crippen molar-refractivity contribution in [1.29, 1.82) is 0 Å².